The summed E-state index contributed by atoms with van der Waals surface area (Å²) in [6.45, 7) is 0. The highest BCUT2D eigenvalue weighted by atomic mass is 16.6. The largest absolute Gasteiger partial charge is 0.584 e. The molecule has 0 aliphatic carbocycles. The van der Waals surface area contributed by atoms with Gasteiger partial charge in [-0.05, 0) is 12.1 Å². The Morgan fingerprint density at radius 2 is 2.00 bits per heavy atom. The van der Waals surface area contributed by atoms with E-state index in [1.807, 2.05) is 0 Å². The molecule has 2 atom stereocenters. The van der Waals surface area contributed by atoms with Crippen LogP contribution in [0, 0.1) is 5.21 Å². The Bertz CT molecular complexity index is 302. The molecule has 6 heteroatoms. The number of carbonyl (C=O) groups excluding carboxylic acids is 1. The standard InChI is InChI=1S/C8H11N3O3/c1-10(13)11(9)8(12)14-7-5-3-2-4-6-7/h2-6,9-11H,1H3. The van der Waals surface area contributed by atoms with E-state index in [1.165, 1.54) is 0 Å². The van der Waals surface area contributed by atoms with Crippen LogP contribution in [0.25, 0.3) is 5.84 Å². The van der Waals surface area contributed by atoms with Gasteiger partial charge in [0.05, 0.1) is 0 Å². The van der Waals surface area contributed by atoms with Gasteiger partial charge >= 0.3 is 6.09 Å². The number of hydroxylamine groups is 1. The van der Waals surface area contributed by atoms with Crippen molar-refractivity contribution in [1.82, 2.24) is 0 Å². The number of ether oxygens (including phenoxy) is 1. The summed E-state index contributed by atoms with van der Waals surface area (Å²) in [5.74, 6) is 7.40. The second-order valence-corrected chi connectivity index (χ2v) is 2.63. The summed E-state index contributed by atoms with van der Waals surface area (Å²) < 4.78 is 4.75. The van der Waals surface area contributed by atoms with Crippen LogP contribution in [-0.2, 0) is 0 Å². The molecule has 0 aliphatic rings. The molecule has 0 spiro atoms. The third kappa shape index (κ3) is 2.79. The lowest BCUT2D eigenvalue weighted by molar-refractivity contribution is -1.42. The van der Waals surface area contributed by atoms with Gasteiger partial charge in [-0.25, -0.2) is 5.17 Å². The minimum absolute atomic E-state index is 0.323. The van der Waals surface area contributed by atoms with E-state index in [1.54, 1.807) is 30.3 Å². The minimum Gasteiger partial charge on any atom is -0.584 e. The van der Waals surface area contributed by atoms with Gasteiger partial charge in [0, 0.05) is 0 Å². The molecular formula is C8H11N3O3. The van der Waals surface area contributed by atoms with Crippen molar-refractivity contribution >= 4 is 6.09 Å². The molecule has 0 heterocycles. The molecule has 0 radical (unpaired) electrons. The summed E-state index contributed by atoms with van der Waals surface area (Å²) >= 11 is 0. The Labute approximate surface area is 81.0 Å². The Hall–Kier alpha value is -1.47. The molecule has 1 aromatic carbocycles. The molecular weight excluding hydrogens is 186 g/mol. The topological polar surface area (TPSA) is 82.0 Å². The van der Waals surface area contributed by atoms with Crippen LogP contribution in [0.4, 0.5) is 4.79 Å². The molecule has 0 aliphatic heterocycles. The number of para-hydroxylation sites is 1. The number of amides is 1. The van der Waals surface area contributed by atoms with Crippen molar-refractivity contribution in [1.29, 1.82) is 0 Å². The molecule has 0 fully saturated rings. The van der Waals surface area contributed by atoms with E-state index in [4.69, 9.17) is 10.6 Å². The van der Waals surface area contributed by atoms with Crippen molar-refractivity contribution in [2.45, 2.75) is 0 Å². The van der Waals surface area contributed by atoms with E-state index in [2.05, 4.69) is 0 Å². The quantitative estimate of drug-likeness (QED) is 0.594. The van der Waals surface area contributed by atoms with Gasteiger partial charge < -0.3 is 15.8 Å². The lowest BCUT2D eigenvalue weighted by Crippen LogP contribution is -3.55. The number of hydrogen-bond acceptors (Lipinski definition) is 3. The van der Waals surface area contributed by atoms with Gasteiger partial charge in [-0.3, -0.25) is 0 Å². The molecule has 0 aromatic heterocycles. The van der Waals surface area contributed by atoms with E-state index < -0.39 is 16.4 Å². The first-order chi connectivity index (χ1) is 6.61. The van der Waals surface area contributed by atoms with Crippen molar-refractivity contribution in [3.05, 3.63) is 41.4 Å². The lowest BCUT2D eigenvalue weighted by atomic mass is 10.3. The van der Waals surface area contributed by atoms with Crippen LogP contribution in [-0.4, -0.2) is 13.1 Å². The average Bonchev–Trinajstić information content (AvgIpc) is 2.18. The summed E-state index contributed by atoms with van der Waals surface area (Å²) in [6.07, 6.45) is -0.927. The summed E-state index contributed by atoms with van der Waals surface area (Å²) in [4.78, 5) is 11.1. The van der Waals surface area contributed by atoms with E-state index in [0.717, 1.165) is 7.05 Å². The number of hydrogen-bond donors (Lipinski definition) is 2. The predicted molar refractivity (Wildman–Crippen MR) is 48.0 cm³/mol. The first-order valence-corrected chi connectivity index (χ1v) is 3.98. The first kappa shape index (κ1) is 10.6. The van der Waals surface area contributed by atoms with Crippen LogP contribution < -0.4 is 15.0 Å². The van der Waals surface area contributed by atoms with Gasteiger partial charge in [-0.2, -0.15) is 4.79 Å². The Morgan fingerprint density at radius 1 is 1.43 bits per heavy atom. The smallest absolute Gasteiger partial charge is 0.559 e. The number of benzene rings is 1. The third-order valence-corrected chi connectivity index (χ3v) is 1.51. The van der Waals surface area contributed by atoms with E-state index >= 15 is 0 Å². The van der Waals surface area contributed by atoms with Gasteiger partial charge in [0.2, 0.25) is 0 Å². The normalized spacial score (nSPS) is 14.5. The predicted octanol–water partition coefficient (Wildman–Crippen LogP) is -1.03. The maximum Gasteiger partial charge on any atom is 0.559 e. The van der Waals surface area contributed by atoms with Crippen LogP contribution >= 0.6 is 0 Å². The van der Waals surface area contributed by atoms with Crippen LogP contribution in [0.1, 0.15) is 0 Å². The first-order valence-electron chi connectivity index (χ1n) is 3.98. The highest BCUT2D eigenvalue weighted by Gasteiger charge is 2.16. The molecule has 0 saturated carbocycles. The van der Waals surface area contributed by atoms with Gasteiger partial charge in [-0.15, -0.1) is 5.12 Å². The number of rotatable bonds is 2. The summed E-state index contributed by atoms with van der Waals surface area (Å²) in [5.41, 5.74) is 0. The molecule has 0 saturated heterocycles. The SMILES string of the molecule is C[NH+]([O-])[NH+]([NH-])C(=O)Oc1ccccc1. The van der Waals surface area contributed by atoms with Crippen molar-refractivity contribution in [3.8, 4) is 5.75 Å². The molecule has 0 bridgehead atoms. The van der Waals surface area contributed by atoms with Gasteiger partial charge in [0.1, 0.15) is 12.8 Å². The molecule has 1 aromatic rings. The Balaban J connectivity index is 2.58. The fraction of sp³-hybridized carbons (Fsp3) is 0.125. The summed E-state index contributed by atoms with van der Waals surface area (Å²) in [7, 11) is 1.15. The molecule has 3 N–H and O–H groups in total. The number of carbonyl (C=O) groups is 1. The Morgan fingerprint density at radius 3 is 2.50 bits per heavy atom. The van der Waals surface area contributed by atoms with Crippen molar-refractivity contribution in [2.24, 2.45) is 0 Å². The average molecular weight is 197 g/mol. The number of quaternary nitrogens is 2. The third-order valence-electron chi connectivity index (χ3n) is 1.51. The highest BCUT2D eigenvalue weighted by molar-refractivity contribution is 5.60. The zero-order valence-electron chi connectivity index (χ0n) is 7.61. The van der Waals surface area contributed by atoms with Crippen LogP contribution in [0.5, 0.6) is 5.75 Å². The highest BCUT2D eigenvalue weighted by Crippen LogP contribution is 2.07. The summed E-state index contributed by atoms with van der Waals surface area (Å²) in [5, 5.41) is 9.40. The molecule has 14 heavy (non-hydrogen) atoms. The van der Waals surface area contributed by atoms with Crippen molar-refractivity contribution in [3.63, 3.8) is 0 Å². The second kappa shape index (κ2) is 4.68. The Kier molecular flexibility index (Phi) is 3.55. The van der Waals surface area contributed by atoms with Gasteiger partial charge in [0.15, 0.2) is 0 Å². The van der Waals surface area contributed by atoms with Gasteiger partial charge in [0.25, 0.3) is 0 Å². The molecule has 6 nitrogen and oxygen atoms in total. The fourth-order valence-corrected chi connectivity index (χ4v) is 0.790. The fourth-order valence-electron chi connectivity index (χ4n) is 0.790. The van der Waals surface area contributed by atoms with Crippen molar-refractivity contribution in [2.75, 3.05) is 7.05 Å². The summed E-state index contributed by atoms with van der Waals surface area (Å²) in [6, 6.07) is 8.31. The second-order valence-electron chi connectivity index (χ2n) is 2.63. The van der Waals surface area contributed by atoms with Crippen LogP contribution in [0.2, 0.25) is 0 Å². The zero-order chi connectivity index (χ0) is 10.6. The molecule has 1 amide bonds. The van der Waals surface area contributed by atoms with E-state index in [-0.39, 0.29) is 0 Å². The van der Waals surface area contributed by atoms with Crippen molar-refractivity contribution < 1.29 is 19.8 Å². The zero-order valence-corrected chi connectivity index (χ0v) is 7.61. The molecule has 2 unspecified atom stereocenters. The molecule has 1 rings (SSSR count). The molecule has 76 valence electrons. The maximum atomic E-state index is 11.1. The minimum atomic E-state index is -0.927. The van der Waals surface area contributed by atoms with Crippen LogP contribution in [0.3, 0.4) is 0 Å². The van der Waals surface area contributed by atoms with E-state index in [0.29, 0.717) is 5.75 Å². The van der Waals surface area contributed by atoms with E-state index in [9.17, 15) is 10.0 Å². The monoisotopic (exact) mass is 197 g/mol. The van der Waals surface area contributed by atoms with Crippen LogP contribution in [0.15, 0.2) is 30.3 Å². The number of nitrogens with one attached hydrogen (secondary N) is 3. The van der Waals surface area contributed by atoms with Gasteiger partial charge in [-0.1, -0.05) is 18.2 Å². The maximum absolute atomic E-state index is 11.1. The lowest BCUT2D eigenvalue weighted by Gasteiger charge is -2.25.